The number of nitrogens with zero attached hydrogens (tertiary/aromatic N) is 3. The number of nitrogens with one attached hydrogen (secondary N) is 3. The number of hydrogen-bond donors (Lipinski definition) is 6. The highest BCUT2D eigenvalue weighted by Gasteiger charge is 2.29. The first kappa shape index (κ1) is 26.7. The maximum Gasteiger partial charge on any atom is 0.326 e. The number of benzene rings is 2. The lowest BCUT2D eigenvalue weighted by Crippen LogP contribution is -2.43. The molecule has 0 aliphatic heterocycles. The van der Waals surface area contributed by atoms with Gasteiger partial charge in [0.15, 0.2) is 11.2 Å². The fourth-order valence-corrected chi connectivity index (χ4v) is 3.91. The number of aliphatic carboxylic acids is 2. The van der Waals surface area contributed by atoms with Crippen LogP contribution in [0.25, 0.3) is 11.2 Å². The number of aromatic amines is 1. The van der Waals surface area contributed by atoms with Crippen LogP contribution in [-0.4, -0.2) is 54.0 Å². The molecule has 4 rings (SSSR count). The van der Waals surface area contributed by atoms with Crippen LogP contribution in [0.5, 0.6) is 0 Å². The number of aromatic nitrogens is 4. The molecule has 0 bridgehead atoms. The highest BCUT2D eigenvalue weighted by atomic mass is 16.4. The smallest absolute Gasteiger partial charge is 0.326 e. The van der Waals surface area contributed by atoms with E-state index in [-0.39, 0.29) is 42.1 Å². The standard InChI is InChI=1S/C26H25N7O6/c27-26-32-21-20(23(35)33-26)30-18(13-29-21)12-28-17-8-6-15(7-9-17)22(34)31-19(25(38)39)11-16(24(36)37)10-14-4-2-1-3-5-14/h1-9,13,16,19,28H,10-12H2,(H,31,34)(H,36,37)(H,38,39)(H3,27,29,32,33,35). The molecule has 39 heavy (non-hydrogen) atoms. The normalized spacial score (nSPS) is 12.4. The summed E-state index contributed by atoms with van der Waals surface area (Å²) >= 11 is 0. The molecule has 200 valence electrons. The van der Waals surface area contributed by atoms with Gasteiger partial charge in [-0.15, -0.1) is 0 Å². The van der Waals surface area contributed by atoms with E-state index in [1.807, 2.05) is 0 Å². The van der Waals surface area contributed by atoms with Gasteiger partial charge in [0.05, 0.1) is 24.4 Å². The molecule has 2 aromatic carbocycles. The molecule has 13 nitrogen and oxygen atoms in total. The van der Waals surface area contributed by atoms with E-state index in [1.165, 1.54) is 18.3 Å². The summed E-state index contributed by atoms with van der Waals surface area (Å²) in [7, 11) is 0. The second-order valence-electron chi connectivity index (χ2n) is 8.74. The van der Waals surface area contributed by atoms with Gasteiger partial charge >= 0.3 is 11.9 Å². The van der Waals surface area contributed by atoms with E-state index in [4.69, 9.17) is 5.73 Å². The molecule has 0 aliphatic rings. The quantitative estimate of drug-likeness (QED) is 0.163. The molecule has 0 aliphatic carbocycles. The van der Waals surface area contributed by atoms with Gasteiger partial charge in [-0.25, -0.2) is 14.8 Å². The number of carboxylic acids is 2. The largest absolute Gasteiger partial charge is 0.481 e. The predicted octanol–water partition coefficient (Wildman–Crippen LogP) is 1.42. The zero-order chi connectivity index (χ0) is 27.9. The fraction of sp³-hybridized carbons (Fsp3) is 0.192. The SMILES string of the molecule is Nc1nc2ncc(CNc3ccc(C(=O)NC(CC(Cc4ccccc4)C(=O)O)C(=O)O)cc3)nc2c(=O)[nH]1. The highest BCUT2D eigenvalue weighted by Crippen LogP contribution is 2.17. The first-order valence-electron chi connectivity index (χ1n) is 11.9. The number of carbonyl (C=O) groups is 3. The van der Waals surface area contributed by atoms with Crippen molar-refractivity contribution < 1.29 is 24.6 Å². The topological polar surface area (TPSA) is 213 Å². The summed E-state index contributed by atoms with van der Waals surface area (Å²) in [5.41, 5.74) is 7.23. The maximum absolute atomic E-state index is 12.7. The zero-order valence-electron chi connectivity index (χ0n) is 20.5. The van der Waals surface area contributed by atoms with Crippen molar-refractivity contribution >= 4 is 40.6 Å². The average molecular weight is 532 g/mol. The van der Waals surface area contributed by atoms with Crippen LogP contribution in [0.2, 0.25) is 0 Å². The second kappa shape index (κ2) is 11.8. The molecule has 0 fully saturated rings. The Bertz CT molecular complexity index is 1560. The van der Waals surface area contributed by atoms with E-state index in [1.54, 1.807) is 42.5 Å². The van der Waals surface area contributed by atoms with Crippen molar-refractivity contribution in [3.05, 3.63) is 88.0 Å². The minimum Gasteiger partial charge on any atom is -0.481 e. The monoisotopic (exact) mass is 531 g/mol. The van der Waals surface area contributed by atoms with Gasteiger partial charge in [-0.2, -0.15) is 4.98 Å². The number of nitrogens with two attached hydrogens (primary N) is 1. The zero-order valence-corrected chi connectivity index (χ0v) is 20.5. The first-order chi connectivity index (χ1) is 18.7. The Morgan fingerprint density at radius 1 is 0.974 bits per heavy atom. The molecule has 4 aromatic rings. The Morgan fingerprint density at radius 2 is 1.69 bits per heavy atom. The predicted molar refractivity (Wildman–Crippen MR) is 141 cm³/mol. The summed E-state index contributed by atoms with van der Waals surface area (Å²) in [6.45, 7) is 0.220. The summed E-state index contributed by atoms with van der Waals surface area (Å²) in [4.78, 5) is 62.9. The molecule has 7 N–H and O–H groups in total. The molecule has 0 saturated heterocycles. The van der Waals surface area contributed by atoms with Crippen molar-refractivity contribution in [2.24, 2.45) is 5.92 Å². The number of H-pyrrole nitrogens is 1. The number of nitrogen functional groups attached to an aromatic ring is 1. The van der Waals surface area contributed by atoms with Crippen molar-refractivity contribution in [3.63, 3.8) is 0 Å². The van der Waals surface area contributed by atoms with E-state index in [0.29, 0.717) is 11.4 Å². The molecular weight excluding hydrogens is 506 g/mol. The first-order valence-corrected chi connectivity index (χ1v) is 11.9. The minimum absolute atomic E-state index is 0.0532. The van der Waals surface area contributed by atoms with Gasteiger partial charge in [0.25, 0.3) is 11.5 Å². The molecule has 2 unspecified atom stereocenters. The average Bonchev–Trinajstić information content (AvgIpc) is 2.91. The minimum atomic E-state index is -1.39. The van der Waals surface area contributed by atoms with Gasteiger partial charge in [-0.1, -0.05) is 30.3 Å². The molecule has 2 aromatic heterocycles. The van der Waals surface area contributed by atoms with Crippen LogP contribution >= 0.6 is 0 Å². The molecule has 13 heteroatoms. The lowest BCUT2D eigenvalue weighted by atomic mass is 9.92. The molecule has 2 heterocycles. The van der Waals surface area contributed by atoms with E-state index in [0.717, 1.165) is 5.56 Å². The van der Waals surface area contributed by atoms with Crippen molar-refractivity contribution in [1.29, 1.82) is 0 Å². The van der Waals surface area contributed by atoms with Crippen LogP contribution in [0.4, 0.5) is 11.6 Å². The van der Waals surface area contributed by atoms with Gasteiger partial charge in [-0.05, 0) is 42.7 Å². The van der Waals surface area contributed by atoms with Crippen LogP contribution in [0, 0.1) is 5.92 Å². The molecule has 0 radical (unpaired) electrons. The van der Waals surface area contributed by atoms with Crippen LogP contribution in [0.1, 0.15) is 28.0 Å². The number of fused-ring (bicyclic) bond motifs is 1. The van der Waals surface area contributed by atoms with Crippen molar-refractivity contribution in [3.8, 4) is 0 Å². The molecular formula is C26H25N7O6. The van der Waals surface area contributed by atoms with Crippen LogP contribution in [-0.2, 0) is 22.6 Å². The van der Waals surface area contributed by atoms with E-state index < -0.39 is 35.4 Å². The summed E-state index contributed by atoms with van der Waals surface area (Å²) < 4.78 is 0. The summed E-state index contributed by atoms with van der Waals surface area (Å²) in [5, 5.41) is 24.7. The molecule has 0 saturated carbocycles. The van der Waals surface area contributed by atoms with Gasteiger partial charge in [-0.3, -0.25) is 19.4 Å². The van der Waals surface area contributed by atoms with E-state index in [9.17, 15) is 29.4 Å². The molecule has 0 spiro atoms. The van der Waals surface area contributed by atoms with Crippen LogP contribution < -0.4 is 21.9 Å². The third kappa shape index (κ3) is 6.91. The summed E-state index contributed by atoms with van der Waals surface area (Å²) in [5.74, 6) is -4.17. The van der Waals surface area contributed by atoms with Gasteiger partial charge in [0, 0.05) is 11.3 Å². The lowest BCUT2D eigenvalue weighted by Gasteiger charge is -2.19. The Hall–Kier alpha value is -5.33. The van der Waals surface area contributed by atoms with E-state index >= 15 is 0 Å². The number of anilines is 2. The lowest BCUT2D eigenvalue weighted by molar-refractivity contribution is -0.144. The summed E-state index contributed by atoms with van der Waals surface area (Å²) in [6.07, 6.45) is 1.32. The van der Waals surface area contributed by atoms with Crippen LogP contribution in [0.15, 0.2) is 65.6 Å². The number of carbonyl (C=O) groups excluding carboxylic acids is 1. The number of amides is 1. The van der Waals surface area contributed by atoms with Gasteiger partial charge < -0.3 is 26.6 Å². The molecule has 2 atom stereocenters. The second-order valence-corrected chi connectivity index (χ2v) is 8.74. The van der Waals surface area contributed by atoms with Crippen molar-refractivity contribution in [1.82, 2.24) is 25.3 Å². The summed E-state index contributed by atoms with van der Waals surface area (Å²) in [6, 6.07) is 13.7. The number of carboxylic acid groups (broad SMARTS) is 2. The van der Waals surface area contributed by atoms with Gasteiger partial charge in [0.2, 0.25) is 5.95 Å². The molecule has 1 amide bonds. The van der Waals surface area contributed by atoms with E-state index in [2.05, 4.69) is 30.6 Å². The number of rotatable bonds is 11. The fourth-order valence-electron chi connectivity index (χ4n) is 3.91. The Kier molecular flexibility index (Phi) is 8.09. The highest BCUT2D eigenvalue weighted by molar-refractivity contribution is 5.97. The Labute approximate surface area is 221 Å². The third-order valence-corrected chi connectivity index (χ3v) is 5.90. The van der Waals surface area contributed by atoms with Gasteiger partial charge in [0.1, 0.15) is 6.04 Å². The number of hydrogen-bond acceptors (Lipinski definition) is 9. The van der Waals surface area contributed by atoms with Crippen LogP contribution in [0.3, 0.4) is 0 Å². The van der Waals surface area contributed by atoms with Crippen molar-refractivity contribution in [2.45, 2.75) is 25.4 Å². The maximum atomic E-state index is 12.7. The Morgan fingerprint density at radius 3 is 2.36 bits per heavy atom. The van der Waals surface area contributed by atoms with Crippen molar-refractivity contribution in [2.75, 3.05) is 11.1 Å². The third-order valence-electron chi connectivity index (χ3n) is 5.90. The Balaban J connectivity index is 1.37.